The number of ether oxygens (including phenoxy) is 2. The zero-order chi connectivity index (χ0) is 12.5. The highest BCUT2D eigenvalue weighted by Crippen LogP contribution is 2.37. The average Bonchev–Trinajstić information content (AvgIpc) is 2.65. The third-order valence-electron chi connectivity index (χ3n) is 3.79. The maximum Gasteiger partial charge on any atom is 0.168 e. The van der Waals surface area contributed by atoms with Crippen molar-refractivity contribution in [2.75, 3.05) is 26.8 Å². The molecule has 1 heterocycles. The van der Waals surface area contributed by atoms with Crippen LogP contribution in [0.2, 0.25) is 0 Å². The Balaban J connectivity index is 1.82. The fraction of sp³-hybridized carbons (Fsp3) is 1.00. The van der Waals surface area contributed by atoms with Crippen molar-refractivity contribution in [3.63, 3.8) is 0 Å². The van der Waals surface area contributed by atoms with Crippen molar-refractivity contribution in [2.45, 2.75) is 57.0 Å². The van der Waals surface area contributed by atoms with Gasteiger partial charge in [-0.15, -0.1) is 0 Å². The summed E-state index contributed by atoms with van der Waals surface area (Å²) in [6, 6.07) is 0.542. The van der Waals surface area contributed by atoms with E-state index in [0.29, 0.717) is 12.6 Å². The van der Waals surface area contributed by atoms with Gasteiger partial charge in [-0.2, -0.15) is 0 Å². The zero-order valence-corrected chi connectivity index (χ0v) is 11.2. The molecule has 1 saturated heterocycles. The first-order valence-electron chi connectivity index (χ1n) is 6.61. The molecule has 1 saturated carbocycles. The minimum atomic E-state index is -0.621. The summed E-state index contributed by atoms with van der Waals surface area (Å²) >= 11 is 0. The summed E-state index contributed by atoms with van der Waals surface area (Å²) < 4.78 is 11.4. The van der Waals surface area contributed by atoms with E-state index in [-0.39, 0.29) is 5.79 Å². The second-order valence-electron chi connectivity index (χ2n) is 6.07. The highest BCUT2D eigenvalue weighted by atomic mass is 16.7. The molecule has 2 fully saturated rings. The van der Waals surface area contributed by atoms with Gasteiger partial charge in [0.05, 0.1) is 18.8 Å². The summed E-state index contributed by atoms with van der Waals surface area (Å²) in [5.41, 5.74) is -0.621. The van der Waals surface area contributed by atoms with Crippen LogP contribution in [0.5, 0.6) is 0 Å². The van der Waals surface area contributed by atoms with Crippen molar-refractivity contribution in [1.29, 1.82) is 0 Å². The molecule has 1 aliphatic heterocycles. The van der Waals surface area contributed by atoms with Crippen LogP contribution in [0, 0.1) is 0 Å². The molecule has 0 atom stereocenters. The van der Waals surface area contributed by atoms with E-state index >= 15 is 0 Å². The Labute approximate surface area is 104 Å². The average molecular weight is 243 g/mol. The van der Waals surface area contributed by atoms with Crippen molar-refractivity contribution in [3.8, 4) is 0 Å². The molecule has 0 unspecified atom stereocenters. The number of likely N-dealkylation sites (N-methyl/N-ethyl adjacent to an activating group) is 1. The molecule has 2 aliphatic rings. The van der Waals surface area contributed by atoms with Gasteiger partial charge in [-0.25, -0.2) is 0 Å². The van der Waals surface area contributed by atoms with Gasteiger partial charge < -0.3 is 19.5 Å². The van der Waals surface area contributed by atoms with E-state index in [2.05, 4.69) is 11.9 Å². The molecule has 17 heavy (non-hydrogen) atoms. The summed E-state index contributed by atoms with van der Waals surface area (Å²) in [5, 5.41) is 9.83. The summed E-state index contributed by atoms with van der Waals surface area (Å²) in [6.45, 7) is 5.91. The molecule has 1 spiro atoms. The van der Waals surface area contributed by atoms with E-state index in [1.807, 2.05) is 13.8 Å². The second-order valence-corrected chi connectivity index (χ2v) is 6.07. The van der Waals surface area contributed by atoms with Crippen molar-refractivity contribution in [2.24, 2.45) is 0 Å². The molecule has 2 rings (SSSR count). The number of hydrogen-bond acceptors (Lipinski definition) is 4. The summed E-state index contributed by atoms with van der Waals surface area (Å²) in [7, 11) is 2.09. The lowest BCUT2D eigenvalue weighted by molar-refractivity contribution is -0.184. The molecule has 1 aliphatic carbocycles. The highest BCUT2D eigenvalue weighted by Gasteiger charge is 2.41. The van der Waals surface area contributed by atoms with Crippen molar-refractivity contribution < 1.29 is 14.6 Å². The quantitative estimate of drug-likeness (QED) is 0.813. The molecule has 0 amide bonds. The van der Waals surface area contributed by atoms with E-state index in [0.717, 1.165) is 38.9 Å². The molecular formula is C13H25NO3. The maximum absolute atomic E-state index is 9.83. The minimum absolute atomic E-state index is 0.272. The lowest BCUT2D eigenvalue weighted by atomic mass is 9.89. The van der Waals surface area contributed by atoms with Crippen LogP contribution in [0.3, 0.4) is 0 Å². The van der Waals surface area contributed by atoms with Gasteiger partial charge in [0.1, 0.15) is 0 Å². The summed E-state index contributed by atoms with van der Waals surface area (Å²) in [4.78, 5) is 2.27. The van der Waals surface area contributed by atoms with E-state index in [4.69, 9.17) is 9.47 Å². The van der Waals surface area contributed by atoms with Crippen LogP contribution < -0.4 is 0 Å². The fourth-order valence-corrected chi connectivity index (χ4v) is 3.01. The standard InChI is InChI=1S/C13H25NO3/c1-12(2,15)10-14(3)11-4-6-13(7-5-11)16-8-9-17-13/h11,15H,4-10H2,1-3H3. The summed E-state index contributed by atoms with van der Waals surface area (Å²) in [5.74, 6) is -0.272. The molecule has 4 nitrogen and oxygen atoms in total. The maximum atomic E-state index is 9.83. The number of nitrogens with zero attached hydrogens (tertiary/aromatic N) is 1. The fourth-order valence-electron chi connectivity index (χ4n) is 3.01. The van der Waals surface area contributed by atoms with E-state index in [1.165, 1.54) is 0 Å². The Morgan fingerprint density at radius 3 is 2.24 bits per heavy atom. The molecule has 1 N–H and O–H groups in total. The van der Waals surface area contributed by atoms with Gasteiger partial charge in [-0.05, 0) is 33.7 Å². The predicted molar refractivity (Wildman–Crippen MR) is 65.8 cm³/mol. The smallest absolute Gasteiger partial charge is 0.168 e. The number of aliphatic hydroxyl groups is 1. The molecule has 0 aromatic heterocycles. The van der Waals surface area contributed by atoms with Crippen LogP contribution in [0.25, 0.3) is 0 Å². The SMILES string of the molecule is CN(CC(C)(C)O)C1CCC2(CC1)OCCO2. The molecule has 100 valence electrons. The third kappa shape index (κ3) is 3.41. The van der Waals surface area contributed by atoms with Crippen LogP contribution in [-0.2, 0) is 9.47 Å². The van der Waals surface area contributed by atoms with Crippen LogP contribution in [0.1, 0.15) is 39.5 Å². The largest absolute Gasteiger partial charge is 0.389 e. The minimum Gasteiger partial charge on any atom is -0.389 e. The predicted octanol–water partition coefficient (Wildman–Crippen LogP) is 1.37. The normalized spacial score (nSPS) is 25.9. The zero-order valence-electron chi connectivity index (χ0n) is 11.2. The molecule has 0 radical (unpaired) electrons. The van der Waals surface area contributed by atoms with Crippen molar-refractivity contribution in [1.82, 2.24) is 4.90 Å². The first kappa shape index (κ1) is 13.3. The van der Waals surface area contributed by atoms with E-state index < -0.39 is 5.60 Å². The second kappa shape index (κ2) is 4.84. The topological polar surface area (TPSA) is 41.9 Å². The van der Waals surface area contributed by atoms with Gasteiger partial charge >= 0.3 is 0 Å². The van der Waals surface area contributed by atoms with Crippen LogP contribution >= 0.6 is 0 Å². The van der Waals surface area contributed by atoms with Crippen molar-refractivity contribution >= 4 is 0 Å². The van der Waals surface area contributed by atoms with Gasteiger partial charge in [0.25, 0.3) is 0 Å². The van der Waals surface area contributed by atoms with Crippen LogP contribution in [-0.4, -0.2) is 54.2 Å². The Morgan fingerprint density at radius 2 is 1.76 bits per heavy atom. The molecule has 0 bridgehead atoms. The molecular weight excluding hydrogens is 218 g/mol. The van der Waals surface area contributed by atoms with Gasteiger partial charge in [-0.3, -0.25) is 0 Å². The first-order chi connectivity index (χ1) is 7.90. The van der Waals surface area contributed by atoms with Gasteiger partial charge in [0, 0.05) is 25.4 Å². The lowest BCUT2D eigenvalue weighted by Gasteiger charge is -2.40. The Kier molecular flexibility index (Phi) is 3.78. The van der Waals surface area contributed by atoms with Crippen molar-refractivity contribution in [3.05, 3.63) is 0 Å². The highest BCUT2D eigenvalue weighted by molar-refractivity contribution is 4.87. The third-order valence-corrected chi connectivity index (χ3v) is 3.79. The monoisotopic (exact) mass is 243 g/mol. The van der Waals surface area contributed by atoms with E-state index in [1.54, 1.807) is 0 Å². The lowest BCUT2D eigenvalue weighted by Crippen LogP contribution is -2.46. The summed E-state index contributed by atoms with van der Waals surface area (Å²) in [6.07, 6.45) is 4.14. The van der Waals surface area contributed by atoms with Crippen LogP contribution in [0.4, 0.5) is 0 Å². The number of rotatable bonds is 3. The van der Waals surface area contributed by atoms with E-state index in [9.17, 15) is 5.11 Å². The molecule has 4 heteroatoms. The molecule has 0 aromatic rings. The first-order valence-corrected chi connectivity index (χ1v) is 6.61. The molecule has 0 aromatic carbocycles. The van der Waals surface area contributed by atoms with Gasteiger partial charge in [0.2, 0.25) is 0 Å². The van der Waals surface area contributed by atoms with Gasteiger partial charge in [-0.1, -0.05) is 0 Å². The Bertz CT molecular complexity index is 246. The van der Waals surface area contributed by atoms with Gasteiger partial charge in [0.15, 0.2) is 5.79 Å². The number of hydrogen-bond donors (Lipinski definition) is 1. The van der Waals surface area contributed by atoms with Crippen LogP contribution in [0.15, 0.2) is 0 Å². The Hall–Kier alpha value is -0.160. The Morgan fingerprint density at radius 1 is 1.24 bits per heavy atom.